The molecule has 0 aliphatic heterocycles. The molecular weight excluding hydrogens is 250 g/mol. The highest BCUT2D eigenvalue weighted by Crippen LogP contribution is 2.25. The molecule has 0 saturated heterocycles. The van der Waals surface area contributed by atoms with Gasteiger partial charge in [0, 0.05) is 30.5 Å². The van der Waals surface area contributed by atoms with Crippen molar-refractivity contribution in [1.29, 1.82) is 0 Å². The highest BCUT2D eigenvalue weighted by Gasteiger charge is 2.22. The Balaban J connectivity index is 2.70. The lowest BCUT2D eigenvalue weighted by atomic mass is 9.96. The summed E-state index contributed by atoms with van der Waals surface area (Å²) < 4.78 is 9.06. The first-order valence-corrected chi connectivity index (χ1v) is 6.66. The normalized spacial score (nSPS) is 13.2. The lowest BCUT2D eigenvalue weighted by Crippen LogP contribution is -2.29. The van der Waals surface area contributed by atoms with Crippen LogP contribution in [0.15, 0.2) is 0 Å². The van der Waals surface area contributed by atoms with Crippen molar-refractivity contribution in [1.82, 2.24) is 9.36 Å². The number of ether oxygens (including phenoxy) is 1. The van der Waals surface area contributed by atoms with Gasteiger partial charge in [-0.15, -0.1) is 0 Å². The maximum absolute atomic E-state index is 11.4. The van der Waals surface area contributed by atoms with Crippen LogP contribution >= 0.6 is 11.5 Å². The molecule has 1 unspecified atom stereocenters. The predicted molar refractivity (Wildman–Crippen MR) is 73.1 cm³/mol. The van der Waals surface area contributed by atoms with Gasteiger partial charge in [0.25, 0.3) is 0 Å². The van der Waals surface area contributed by atoms with Crippen molar-refractivity contribution >= 4 is 22.6 Å². The number of hydrogen-bond acceptors (Lipinski definition) is 6. The van der Waals surface area contributed by atoms with Crippen LogP contribution in [0.1, 0.15) is 33.5 Å². The Morgan fingerprint density at radius 3 is 2.56 bits per heavy atom. The Morgan fingerprint density at radius 2 is 2.11 bits per heavy atom. The van der Waals surface area contributed by atoms with Gasteiger partial charge < -0.3 is 9.64 Å². The van der Waals surface area contributed by atoms with Gasteiger partial charge in [-0.25, -0.2) is 4.98 Å². The van der Waals surface area contributed by atoms with Gasteiger partial charge in [-0.3, -0.25) is 4.79 Å². The smallest absolute Gasteiger partial charge is 0.310 e. The van der Waals surface area contributed by atoms with E-state index in [0.717, 1.165) is 11.0 Å². The monoisotopic (exact) mass is 271 g/mol. The van der Waals surface area contributed by atoms with Gasteiger partial charge in [-0.1, -0.05) is 27.7 Å². The molecule has 5 nitrogen and oxygen atoms in total. The van der Waals surface area contributed by atoms with Crippen molar-refractivity contribution < 1.29 is 9.53 Å². The third-order valence-corrected chi connectivity index (χ3v) is 3.39. The number of rotatable bonds is 4. The average molecular weight is 271 g/mol. The van der Waals surface area contributed by atoms with Crippen LogP contribution in [-0.4, -0.2) is 36.0 Å². The minimum absolute atomic E-state index is 0.0520. The first-order valence-electron chi connectivity index (χ1n) is 5.89. The Kier molecular flexibility index (Phi) is 4.67. The quantitative estimate of drug-likeness (QED) is 0.785. The van der Waals surface area contributed by atoms with Crippen LogP contribution in [0.25, 0.3) is 0 Å². The number of nitrogens with zero attached hydrogens (tertiary/aromatic N) is 3. The summed E-state index contributed by atoms with van der Waals surface area (Å²) in [5.74, 6) is 0.449. The van der Waals surface area contributed by atoms with E-state index >= 15 is 0 Å². The number of methoxy groups -OCH3 is 1. The number of anilines is 1. The molecule has 6 heteroatoms. The molecule has 1 aromatic rings. The molecular formula is C12H21N3O2S. The molecule has 0 N–H and O–H groups in total. The number of aromatic nitrogens is 2. The summed E-state index contributed by atoms with van der Waals surface area (Å²) in [4.78, 5) is 17.8. The van der Waals surface area contributed by atoms with Crippen LogP contribution in [0.2, 0.25) is 0 Å². The van der Waals surface area contributed by atoms with E-state index in [0.29, 0.717) is 6.54 Å². The SMILES string of the molecule is COC(=O)C(C)CN(C)c1nc(C(C)(C)C)ns1. The van der Waals surface area contributed by atoms with Crippen molar-refractivity contribution in [3.8, 4) is 0 Å². The molecule has 18 heavy (non-hydrogen) atoms. The highest BCUT2D eigenvalue weighted by molar-refractivity contribution is 7.09. The summed E-state index contributed by atoms with van der Waals surface area (Å²) in [7, 11) is 3.31. The van der Waals surface area contributed by atoms with Gasteiger partial charge in [0.2, 0.25) is 5.13 Å². The summed E-state index contributed by atoms with van der Waals surface area (Å²) in [6, 6.07) is 0. The Hall–Kier alpha value is -1.17. The van der Waals surface area contributed by atoms with E-state index in [1.54, 1.807) is 0 Å². The standard InChI is InChI=1S/C12H21N3O2S/c1-8(9(16)17-6)7-15(5)11-13-10(14-18-11)12(2,3)4/h8H,7H2,1-6H3. The second-order valence-electron chi connectivity index (χ2n) is 5.46. The van der Waals surface area contributed by atoms with Crippen molar-refractivity contribution in [3.63, 3.8) is 0 Å². The predicted octanol–water partition coefficient (Wildman–Crippen LogP) is 2.08. The van der Waals surface area contributed by atoms with Crippen molar-refractivity contribution in [3.05, 3.63) is 5.82 Å². The lowest BCUT2D eigenvalue weighted by molar-refractivity contribution is -0.144. The van der Waals surface area contributed by atoms with Crippen LogP contribution in [0.4, 0.5) is 5.13 Å². The molecule has 102 valence electrons. The van der Waals surface area contributed by atoms with Gasteiger partial charge in [0.1, 0.15) is 5.82 Å². The van der Waals surface area contributed by atoms with Crippen LogP contribution < -0.4 is 4.90 Å². The molecule has 1 aromatic heterocycles. The molecule has 0 radical (unpaired) electrons. The summed E-state index contributed by atoms with van der Waals surface area (Å²) >= 11 is 1.36. The van der Waals surface area contributed by atoms with E-state index in [1.165, 1.54) is 18.6 Å². The first kappa shape index (κ1) is 14.9. The zero-order chi connectivity index (χ0) is 13.9. The van der Waals surface area contributed by atoms with Crippen LogP contribution in [-0.2, 0) is 14.9 Å². The van der Waals surface area contributed by atoms with Gasteiger partial charge >= 0.3 is 5.97 Å². The fourth-order valence-corrected chi connectivity index (χ4v) is 2.26. The van der Waals surface area contributed by atoms with Gasteiger partial charge in [0.15, 0.2) is 0 Å². The summed E-state index contributed by atoms with van der Waals surface area (Å²) in [5, 5.41) is 0.829. The maximum Gasteiger partial charge on any atom is 0.310 e. The van der Waals surface area contributed by atoms with Gasteiger partial charge in [0.05, 0.1) is 13.0 Å². The molecule has 0 bridgehead atoms. The van der Waals surface area contributed by atoms with E-state index < -0.39 is 0 Å². The lowest BCUT2D eigenvalue weighted by Gasteiger charge is -2.19. The molecule has 0 spiro atoms. The molecule has 1 heterocycles. The number of esters is 1. The van der Waals surface area contributed by atoms with E-state index in [2.05, 4.69) is 30.1 Å². The van der Waals surface area contributed by atoms with E-state index in [1.807, 2.05) is 18.9 Å². The van der Waals surface area contributed by atoms with E-state index in [4.69, 9.17) is 4.74 Å². The topological polar surface area (TPSA) is 55.3 Å². The van der Waals surface area contributed by atoms with Gasteiger partial charge in [-0.2, -0.15) is 4.37 Å². The van der Waals surface area contributed by atoms with Crippen molar-refractivity contribution in [2.75, 3.05) is 25.6 Å². The minimum atomic E-state index is -0.206. The number of carbonyl (C=O) groups is 1. The first-order chi connectivity index (χ1) is 8.25. The van der Waals surface area contributed by atoms with Crippen LogP contribution in [0, 0.1) is 5.92 Å². The van der Waals surface area contributed by atoms with Crippen molar-refractivity contribution in [2.45, 2.75) is 33.1 Å². The molecule has 0 amide bonds. The van der Waals surface area contributed by atoms with Crippen LogP contribution in [0.3, 0.4) is 0 Å². The van der Waals surface area contributed by atoms with Crippen molar-refractivity contribution in [2.24, 2.45) is 5.92 Å². The fraction of sp³-hybridized carbons (Fsp3) is 0.750. The Bertz CT molecular complexity index is 412. The minimum Gasteiger partial charge on any atom is -0.469 e. The summed E-state index contributed by atoms with van der Waals surface area (Å²) in [6.45, 7) is 8.65. The molecule has 0 aliphatic rings. The maximum atomic E-state index is 11.4. The molecule has 1 atom stereocenters. The molecule has 0 aromatic carbocycles. The third kappa shape index (κ3) is 3.66. The van der Waals surface area contributed by atoms with E-state index in [-0.39, 0.29) is 17.3 Å². The average Bonchev–Trinajstić information content (AvgIpc) is 2.76. The zero-order valence-electron chi connectivity index (χ0n) is 11.9. The molecule has 0 saturated carbocycles. The highest BCUT2D eigenvalue weighted by atomic mass is 32.1. The Morgan fingerprint density at radius 1 is 1.50 bits per heavy atom. The third-order valence-electron chi connectivity index (χ3n) is 2.56. The molecule has 0 fully saturated rings. The second-order valence-corrected chi connectivity index (χ2v) is 6.19. The zero-order valence-corrected chi connectivity index (χ0v) is 12.7. The second kappa shape index (κ2) is 5.65. The summed E-state index contributed by atoms with van der Waals surface area (Å²) in [6.07, 6.45) is 0. The van der Waals surface area contributed by atoms with Gasteiger partial charge in [-0.05, 0) is 0 Å². The molecule has 1 rings (SSSR count). The van der Waals surface area contributed by atoms with E-state index in [9.17, 15) is 4.79 Å². The number of hydrogen-bond donors (Lipinski definition) is 0. The van der Waals surface area contributed by atoms with Crippen LogP contribution in [0.5, 0.6) is 0 Å². The fourth-order valence-electron chi connectivity index (χ4n) is 1.44. The Labute approximate surface area is 112 Å². The summed E-state index contributed by atoms with van der Waals surface area (Å²) in [5.41, 5.74) is -0.0520. The molecule has 0 aliphatic carbocycles. The number of carbonyl (C=O) groups excluding carboxylic acids is 1. The largest absolute Gasteiger partial charge is 0.469 e.